The lowest BCUT2D eigenvalue weighted by molar-refractivity contribution is 0.300. The second-order valence-corrected chi connectivity index (χ2v) is 4.17. The van der Waals surface area contributed by atoms with Crippen LogP contribution in [0.1, 0.15) is 12.0 Å². The van der Waals surface area contributed by atoms with Crippen LogP contribution in [0.4, 0.5) is 0 Å². The SMILES string of the molecule is NCc1cccc(OCCCn2cnccc2=O)c1. The van der Waals surface area contributed by atoms with E-state index in [0.29, 0.717) is 19.7 Å². The Bertz CT molecular complexity index is 581. The van der Waals surface area contributed by atoms with Crippen LogP contribution in [0.2, 0.25) is 0 Å². The summed E-state index contributed by atoms with van der Waals surface area (Å²) in [6.07, 6.45) is 3.78. The molecule has 2 aromatic rings. The molecule has 0 atom stereocenters. The number of hydrogen-bond donors (Lipinski definition) is 1. The summed E-state index contributed by atoms with van der Waals surface area (Å²) in [4.78, 5) is 15.3. The fraction of sp³-hybridized carbons (Fsp3) is 0.286. The minimum absolute atomic E-state index is 0.0415. The molecule has 19 heavy (non-hydrogen) atoms. The summed E-state index contributed by atoms with van der Waals surface area (Å²) in [6.45, 7) is 1.65. The Hall–Kier alpha value is -2.14. The highest BCUT2D eigenvalue weighted by atomic mass is 16.5. The zero-order valence-corrected chi connectivity index (χ0v) is 10.7. The van der Waals surface area contributed by atoms with Crippen molar-refractivity contribution in [1.29, 1.82) is 0 Å². The lowest BCUT2D eigenvalue weighted by Gasteiger charge is -2.08. The van der Waals surface area contributed by atoms with Crippen molar-refractivity contribution in [3.8, 4) is 5.75 Å². The van der Waals surface area contributed by atoms with E-state index in [1.807, 2.05) is 24.3 Å². The molecule has 0 unspecified atom stereocenters. The first-order valence-corrected chi connectivity index (χ1v) is 6.22. The highest BCUT2D eigenvalue weighted by Gasteiger charge is 1.97. The summed E-state index contributed by atoms with van der Waals surface area (Å²) in [7, 11) is 0. The van der Waals surface area contributed by atoms with Gasteiger partial charge in [-0.2, -0.15) is 0 Å². The standard InChI is InChI=1S/C14H17N3O2/c15-10-12-3-1-4-13(9-12)19-8-2-7-17-11-16-6-5-14(17)18/h1,3-6,9,11H,2,7-8,10,15H2. The van der Waals surface area contributed by atoms with Crippen molar-refractivity contribution in [1.82, 2.24) is 9.55 Å². The minimum Gasteiger partial charge on any atom is -0.494 e. The van der Waals surface area contributed by atoms with E-state index in [1.54, 1.807) is 4.57 Å². The van der Waals surface area contributed by atoms with Crippen LogP contribution in [0.3, 0.4) is 0 Å². The number of aromatic nitrogens is 2. The molecule has 0 amide bonds. The first-order chi connectivity index (χ1) is 9.29. The van der Waals surface area contributed by atoms with Gasteiger partial charge in [-0.25, -0.2) is 4.98 Å². The fourth-order valence-electron chi connectivity index (χ4n) is 1.73. The van der Waals surface area contributed by atoms with Crippen molar-refractivity contribution in [3.05, 3.63) is 58.8 Å². The monoisotopic (exact) mass is 259 g/mol. The number of nitrogens with two attached hydrogens (primary N) is 1. The topological polar surface area (TPSA) is 70.1 Å². The summed E-state index contributed by atoms with van der Waals surface area (Å²) >= 11 is 0. The summed E-state index contributed by atoms with van der Waals surface area (Å²) in [5, 5.41) is 0. The molecule has 0 aliphatic carbocycles. The van der Waals surface area contributed by atoms with Crippen molar-refractivity contribution in [3.63, 3.8) is 0 Å². The third-order valence-electron chi connectivity index (χ3n) is 2.74. The van der Waals surface area contributed by atoms with Gasteiger partial charge in [-0.15, -0.1) is 0 Å². The third-order valence-corrected chi connectivity index (χ3v) is 2.74. The maximum atomic E-state index is 11.4. The van der Waals surface area contributed by atoms with Crippen LogP contribution < -0.4 is 16.0 Å². The molecule has 1 aromatic carbocycles. The van der Waals surface area contributed by atoms with Crippen LogP contribution in [0.25, 0.3) is 0 Å². The van der Waals surface area contributed by atoms with Crippen LogP contribution in [-0.4, -0.2) is 16.2 Å². The second kappa shape index (κ2) is 6.70. The normalized spacial score (nSPS) is 10.4. The first kappa shape index (κ1) is 13.3. The molecule has 2 N–H and O–H groups in total. The van der Waals surface area contributed by atoms with Gasteiger partial charge in [0.15, 0.2) is 0 Å². The molecule has 100 valence electrons. The molecule has 0 spiro atoms. The molecule has 5 heteroatoms. The summed E-state index contributed by atoms with van der Waals surface area (Å²) in [5.41, 5.74) is 6.57. The molecular formula is C14H17N3O2. The van der Waals surface area contributed by atoms with E-state index in [0.717, 1.165) is 17.7 Å². The second-order valence-electron chi connectivity index (χ2n) is 4.17. The van der Waals surface area contributed by atoms with E-state index in [4.69, 9.17) is 10.5 Å². The zero-order chi connectivity index (χ0) is 13.5. The van der Waals surface area contributed by atoms with Crippen LogP contribution in [0, 0.1) is 0 Å². The van der Waals surface area contributed by atoms with E-state index in [2.05, 4.69) is 4.98 Å². The average Bonchev–Trinajstić information content (AvgIpc) is 2.45. The lowest BCUT2D eigenvalue weighted by atomic mass is 10.2. The van der Waals surface area contributed by atoms with Gasteiger partial charge in [0.2, 0.25) is 0 Å². The molecule has 5 nitrogen and oxygen atoms in total. The van der Waals surface area contributed by atoms with Gasteiger partial charge in [-0.05, 0) is 24.1 Å². The number of ether oxygens (including phenoxy) is 1. The molecule has 0 aliphatic heterocycles. The lowest BCUT2D eigenvalue weighted by Crippen LogP contribution is -2.19. The molecule has 0 radical (unpaired) electrons. The maximum absolute atomic E-state index is 11.4. The molecule has 0 fully saturated rings. The Morgan fingerprint density at radius 2 is 2.21 bits per heavy atom. The Morgan fingerprint density at radius 3 is 3.00 bits per heavy atom. The predicted molar refractivity (Wildman–Crippen MR) is 72.9 cm³/mol. The van der Waals surface area contributed by atoms with Crippen LogP contribution in [-0.2, 0) is 13.1 Å². The molecule has 1 heterocycles. The minimum atomic E-state index is -0.0415. The smallest absolute Gasteiger partial charge is 0.253 e. The van der Waals surface area contributed by atoms with Gasteiger partial charge in [-0.1, -0.05) is 12.1 Å². The van der Waals surface area contributed by atoms with Crippen molar-refractivity contribution >= 4 is 0 Å². The predicted octanol–water partition coefficient (Wildman–Crippen LogP) is 1.17. The Balaban J connectivity index is 1.81. The molecule has 0 aliphatic rings. The Labute approximate surface area is 111 Å². The number of aryl methyl sites for hydroxylation is 1. The largest absolute Gasteiger partial charge is 0.494 e. The van der Waals surface area contributed by atoms with Crippen molar-refractivity contribution in [2.45, 2.75) is 19.5 Å². The molecule has 0 saturated heterocycles. The molecular weight excluding hydrogens is 242 g/mol. The van der Waals surface area contributed by atoms with E-state index in [-0.39, 0.29) is 5.56 Å². The van der Waals surface area contributed by atoms with Gasteiger partial charge in [0.25, 0.3) is 5.56 Å². The molecule has 1 aromatic heterocycles. The molecule has 0 bridgehead atoms. The van der Waals surface area contributed by atoms with Gasteiger partial charge in [0, 0.05) is 25.4 Å². The van der Waals surface area contributed by atoms with E-state index in [9.17, 15) is 4.79 Å². The number of rotatable bonds is 6. The van der Waals surface area contributed by atoms with E-state index < -0.39 is 0 Å². The van der Waals surface area contributed by atoms with Crippen LogP contribution in [0.5, 0.6) is 5.75 Å². The van der Waals surface area contributed by atoms with Crippen LogP contribution in [0.15, 0.2) is 47.7 Å². The highest BCUT2D eigenvalue weighted by Crippen LogP contribution is 2.12. The summed E-state index contributed by atoms with van der Waals surface area (Å²) in [6, 6.07) is 9.16. The van der Waals surface area contributed by atoms with Gasteiger partial charge in [0.05, 0.1) is 12.9 Å². The van der Waals surface area contributed by atoms with E-state index >= 15 is 0 Å². The summed E-state index contributed by atoms with van der Waals surface area (Å²) in [5.74, 6) is 0.807. The van der Waals surface area contributed by atoms with Gasteiger partial charge < -0.3 is 10.5 Å². The van der Waals surface area contributed by atoms with Crippen molar-refractivity contribution < 1.29 is 4.74 Å². The van der Waals surface area contributed by atoms with Gasteiger partial charge in [-0.3, -0.25) is 9.36 Å². The maximum Gasteiger partial charge on any atom is 0.253 e. The van der Waals surface area contributed by atoms with Crippen molar-refractivity contribution in [2.75, 3.05) is 6.61 Å². The van der Waals surface area contributed by atoms with E-state index in [1.165, 1.54) is 18.6 Å². The van der Waals surface area contributed by atoms with Gasteiger partial charge >= 0.3 is 0 Å². The molecule has 0 saturated carbocycles. The Kier molecular flexibility index (Phi) is 4.69. The third kappa shape index (κ3) is 3.93. The first-order valence-electron chi connectivity index (χ1n) is 6.22. The molecule has 2 rings (SSSR count). The quantitative estimate of drug-likeness (QED) is 0.791. The summed E-state index contributed by atoms with van der Waals surface area (Å²) < 4.78 is 7.19. The zero-order valence-electron chi connectivity index (χ0n) is 10.7. The average molecular weight is 259 g/mol. The highest BCUT2D eigenvalue weighted by molar-refractivity contribution is 5.28. The van der Waals surface area contributed by atoms with Crippen LogP contribution >= 0.6 is 0 Å². The van der Waals surface area contributed by atoms with Crippen molar-refractivity contribution in [2.24, 2.45) is 5.73 Å². The number of benzene rings is 1. The Morgan fingerprint density at radius 1 is 1.32 bits per heavy atom. The number of nitrogens with zero attached hydrogens (tertiary/aromatic N) is 2. The van der Waals surface area contributed by atoms with Gasteiger partial charge in [0.1, 0.15) is 5.75 Å². The number of hydrogen-bond acceptors (Lipinski definition) is 4. The fourth-order valence-corrected chi connectivity index (χ4v) is 1.73.